The van der Waals surface area contributed by atoms with Gasteiger partial charge in [-0.3, -0.25) is 0 Å². The third-order valence-corrected chi connectivity index (χ3v) is 3.19. The zero-order chi connectivity index (χ0) is 12.3. The molecule has 1 aliphatic heterocycles. The van der Waals surface area contributed by atoms with Crippen LogP contribution in [0.3, 0.4) is 0 Å². The fourth-order valence-electron chi connectivity index (χ4n) is 2.32. The molecule has 0 spiro atoms. The fraction of sp³-hybridized carbons (Fsp3) is 0.692. The van der Waals surface area contributed by atoms with Crippen LogP contribution in [0.5, 0.6) is 0 Å². The molecule has 1 aromatic rings. The number of β-amino-alcohol motifs (C(OH)–C–C–N with tert-alkyl or cyclic N) is 1. The zero-order valence-electron chi connectivity index (χ0n) is 10.7. The smallest absolute Gasteiger partial charge is 0.225 e. The van der Waals surface area contributed by atoms with Crippen LogP contribution >= 0.6 is 0 Å². The molecule has 0 aliphatic carbocycles. The van der Waals surface area contributed by atoms with Gasteiger partial charge in [-0.1, -0.05) is 13.3 Å². The van der Waals surface area contributed by atoms with E-state index in [9.17, 15) is 5.11 Å². The minimum absolute atomic E-state index is 0.607. The van der Waals surface area contributed by atoms with Gasteiger partial charge in [0.2, 0.25) is 5.95 Å². The van der Waals surface area contributed by atoms with E-state index in [-0.39, 0.29) is 0 Å². The molecule has 0 bridgehead atoms. The zero-order valence-corrected chi connectivity index (χ0v) is 10.7. The first-order valence-corrected chi connectivity index (χ1v) is 6.39. The molecule has 1 aromatic heterocycles. The van der Waals surface area contributed by atoms with Gasteiger partial charge in [0.15, 0.2) is 0 Å². The third kappa shape index (κ3) is 3.16. The second-order valence-electron chi connectivity index (χ2n) is 5.16. The maximum atomic E-state index is 10.0. The van der Waals surface area contributed by atoms with E-state index in [0.717, 1.165) is 38.2 Å². The van der Waals surface area contributed by atoms with Crippen molar-refractivity contribution in [3.05, 3.63) is 18.0 Å². The Kier molecular flexibility index (Phi) is 3.62. The van der Waals surface area contributed by atoms with Crippen LogP contribution in [0.1, 0.15) is 38.7 Å². The lowest BCUT2D eigenvalue weighted by Crippen LogP contribution is -2.46. The second-order valence-corrected chi connectivity index (χ2v) is 5.16. The summed E-state index contributed by atoms with van der Waals surface area (Å²) >= 11 is 0. The van der Waals surface area contributed by atoms with Gasteiger partial charge in [0.25, 0.3) is 0 Å². The topological polar surface area (TPSA) is 49.2 Å². The van der Waals surface area contributed by atoms with E-state index in [1.165, 1.54) is 5.56 Å². The molecule has 4 nitrogen and oxygen atoms in total. The molecule has 17 heavy (non-hydrogen) atoms. The average Bonchev–Trinajstić information content (AvgIpc) is 2.29. The highest BCUT2D eigenvalue weighted by Gasteiger charge is 2.29. The molecule has 1 N–H and O–H groups in total. The minimum atomic E-state index is -0.607. The monoisotopic (exact) mass is 235 g/mol. The highest BCUT2D eigenvalue weighted by Crippen LogP contribution is 2.23. The van der Waals surface area contributed by atoms with Crippen molar-refractivity contribution in [2.75, 3.05) is 18.0 Å². The van der Waals surface area contributed by atoms with Gasteiger partial charge >= 0.3 is 0 Å². The molecule has 0 amide bonds. The Morgan fingerprint density at radius 1 is 1.41 bits per heavy atom. The number of hydrogen-bond donors (Lipinski definition) is 1. The van der Waals surface area contributed by atoms with E-state index in [2.05, 4.69) is 21.8 Å². The van der Waals surface area contributed by atoms with Crippen LogP contribution in [0.15, 0.2) is 12.4 Å². The summed E-state index contributed by atoms with van der Waals surface area (Å²) in [4.78, 5) is 10.8. The molecule has 1 atom stereocenters. The van der Waals surface area contributed by atoms with Gasteiger partial charge in [-0.05, 0) is 31.7 Å². The molecule has 0 aromatic carbocycles. The Labute approximate surface area is 103 Å². The van der Waals surface area contributed by atoms with E-state index < -0.39 is 5.60 Å². The van der Waals surface area contributed by atoms with Gasteiger partial charge in [0, 0.05) is 25.5 Å². The van der Waals surface area contributed by atoms with Crippen molar-refractivity contribution in [3.63, 3.8) is 0 Å². The van der Waals surface area contributed by atoms with Gasteiger partial charge in [-0.2, -0.15) is 0 Å². The highest BCUT2D eigenvalue weighted by atomic mass is 16.3. The SMILES string of the molecule is CCCc1cnc(N2CCC[C@@](C)(O)C2)nc1. The van der Waals surface area contributed by atoms with E-state index >= 15 is 0 Å². The highest BCUT2D eigenvalue weighted by molar-refractivity contribution is 5.31. The van der Waals surface area contributed by atoms with Gasteiger partial charge < -0.3 is 10.0 Å². The number of aliphatic hydroxyl groups is 1. The molecule has 4 heteroatoms. The molecule has 2 rings (SSSR count). The summed E-state index contributed by atoms with van der Waals surface area (Å²) in [5.41, 5.74) is 0.573. The number of hydrogen-bond acceptors (Lipinski definition) is 4. The Hall–Kier alpha value is -1.16. The van der Waals surface area contributed by atoms with Crippen molar-refractivity contribution >= 4 is 5.95 Å². The summed E-state index contributed by atoms with van der Waals surface area (Å²) in [6.45, 7) is 5.59. The number of nitrogens with zero attached hydrogens (tertiary/aromatic N) is 3. The fourth-order valence-corrected chi connectivity index (χ4v) is 2.32. The summed E-state index contributed by atoms with van der Waals surface area (Å²) < 4.78 is 0. The average molecular weight is 235 g/mol. The lowest BCUT2D eigenvalue weighted by molar-refractivity contribution is 0.0444. The molecule has 1 aliphatic rings. The summed E-state index contributed by atoms with van der Waals surface area (Å²) in [7, 11) is 0. The van der Waals surface area contributed by atoms with E-state index in [1.807, 2.05) is 19.3 Å². The molecular weight excluding hydrogens is 214 g/mol. The standard InChI is InChI=1S/C13H21N3O/c1-3-5-11-8-14-12(15-9-11)16-7-4-6-13(2,17)10-16/h8-9,17H,3-7,10H2,1-2H3/t13-/m1/s1. The number of rotatable bonds is 3. The second kappa shape index (κ2) is 5.00. The molecule has 0 saturated carbocycles. The Balaban J connectivity index is 2.06. The van der Waals surface area contributed by atoms with Crippen LogP contribution in [-0.4, -0.2) is 33.8 Å². The molecule has 1 fully saturated rings. The number of anilines is 1. The summed E-state index contributed by atoms with van der Waals surface area (Å²) in [6, 6.07) is 0. The first-order chi connectivity index (χ1) is 8.11. The van der Waals surface area contributed by atoms with Gasteiger partial charge in [0.05, 0.1) is 5.60 Å². The molecule has 0 unspecified atom stereocenters. The van der Waals surface area contributed by atoms with Gasteiger partial charge in [0.1, 0.15) is 0 Å². The van der Waals surface area contributed by atoms with E-state index in [0.29, 0.717) is 6.54 Å². The normalized spacial score (nSPS) is 25.0. The largest absolute Gasteiger partial charge is 0.388 e. The van der Waals surface area contributed by atoms with Crippen molar-refractivity contribution in [1.29, 1.82) is 0 Å². The Morgan fingerprint density at radius 3 is 2.71 bits per heavy atom. The number of piperidine rings is 1. The van der Waals surface area contributed by atoms with Crippen LogP contribution < -0.4 is 4.90 Å². The lowest BCUT2D eigenvalue weighted by Gasteiger charge is -2.36. The van der Waals surface area contributed by atoms with Crippen LogP contribution in [0, 0.1) is 0 Å². The molecule has 2 heterocycles. The predicted molar refractivity (Wildman–Crippen MR) is 68.1 cm³/mol. The van der Waals surface area contributed by atoms with Gasteiger partial charge in [-0.15, -0.1) is 0 Å². The van der Waals surface area contributed by atoms with Crippen molar-refractivity contribution in [2.24, 2.45) is 0 Å². The van der Waals surface area contributed by atoms with Crippen molar-refractivity contribution in [3.8, 4) is 0 Å². The quantitative estimate of drug-likeness (QED) is 0.867. The van der Waals surface area contributed by atoms with E-state index in [1.54, 1.807) is 0 Å². The van der Waals surface area contributed by atoms with Crippen LogP contribution in [0.25, 0.3) is 0 Å². The van der Waals surface area contributed by atoms with E-state index in [4.69, 9.17) is 0 Å². The molecule has 94 valence electrons. The Bertz CT molecular complexity index is 361. The molecule has 1 saturated heterocycles. The first-order valence-electron chi connectivity index (χ1n) is 6.39. The van der Waals surface area contributed by atoms with Crippen molar-refractivity contribution in [2.45, 2.75) is 45.1 Å². The summed E-state index contributed by atoms with van der Waals surface area (Å²) in [5, 5.41) is 10.0. The van der Waals surface area contributed by atoms with Crippen LogP contribution in [0.2, 0.25) is 0 Å². The van der Waals surface area contributed by atoms with Crippen molar-refractivity contribution in [1.82, 2.24) is 9.97 Å². The maximum Gasteiger partial charge on any atom is 0.225 e. The first kappa shape index (κ1) is 12.3. The van der Waals surface area contributed by atoms with Crippen LogP contribution in [0.4, 0.5) is 5.95 Å². The van der Waals surface area contributed by atoms with Gasteiger partial charge in [-0.25, -0.2) is 9.97 Å². The predicted octanol–water partition coefficient (Wildman–Crippen LogP) is 1.78. The van der Waals surface area contributed by atoms with Crippen molar-refractivity contribution < 1.29 is 5.11 Å². The molecular formula is C13H21N3O. The number of aryl methyl sites for hydroxylation is 1. The third-order valence-electron chi connectivity index (χ3n) is 3.19. The minimum Gasteiger partial charge on any atom is -0.388 e. The lowest BCUT2D eigenvalue weighted by atomic mass is 9.95. The number of aromatic nitrogens is 2. The summed E-state index contributed by atoms with van der Waals surface area (Å²) in [6.07, 6.45) is 7.79. The Morgan fingerprint density at radius 2 is 2.12 bits per heavy atom. The molecule has 0 radical (unpaired) electrons. The summed E-state index contributed by atoms with van der Waals surface area (Å²) in [5.74, 6) is 0.741. The van der Waals surface area contributed by atoms with Crippen LogP contribution in [-0.2, 0) is 6.42 Å². The maximum absolute atomic E-state index is 10.0.